The van der Waals surface area contributed by atoms with Crippen molar-refractivity contribution in [1.29, 1.82) is 0 Å². The minimum atomic E-state index is -0.582. The number of amides is 2. The summed E-state index contributed by atoms with van der Waals surface area (Å²) in [4.78, 5) is 47.7. The van der Waals surface area contributed by atoms with E-state index in [9.17, 15) is 24.5 Å². The van der Waals surface area contributed by atoms with Gasteiger partial charge in [-0.25, -0.2) is 0 Å². The van der Waals surface area contributed by atoms with Crippen LogP contribution in [-0.4, -0.2) is 29.3 Å². The van der Waals surface area contributed by atoms with Gasteiger partial charge in [0.1, 0.15) is 6.10 Å². The van der Waals surface area contributed by atoms with Crippen LogP contribution in [0.1, 0.15) is 49.3 Å². The number of benzene rings is 2. The third kappa shape index (κ3) is 8.37. The smallest absolute Gasteiger partial charge is 0.306 e. The first-order valence-electron chi connectivity index (χ1n) is 11.6. The standard InChI is InChI=1S/C26H29N3O6/c30-24(27-17-19-11-14-22(15-12-19)29(33)34)16-13-21-9-5-2-6-10-25(31)35-23(18-28-26(21)32)20-7-3-1-4-8-20/h1-5,7-8,11-12,14-15,21,23H,6,9-10,13,16-18H2,(H,27,30)(H,28,32)/b5-2+/t21-,23-/m0/s1. The summed E-state index contributed by atoms with van der Waals surface area (Å²) in [6.07, 6.45) is 4.90. The number of hydrogen-bond acceptors (Lipinski definition) is 6. The molecule has 1 aliphatic heterocycles. The highest BCUT2D eigenvalue weighted by molar-refractivity contribution is 5.81. The fraction of sp³-hybridized carbons (Fsp3) is 0.346. The molecule has 0 bridgehead atoms. The van der Waals surface area contributed by atoms with Gasteiger partial charge in [-0.3, -0.25) is 24.5 Å². The molecular formula is C26H29N3O6. The number of rotatable bonds is 7. The number of nitro benzene ring substituents is 1. The lowest BCUT2D eigenvalue weighted by atomic mass is 9.97. The largest absolute Gasteiger partial charge is 0.456 e. The quantitative estimate of drug-likeness (QED) is 0.269. The Balaban J connectivity index is 1.55. The molecule has 0 unspecified atom stereocenters. The van der Waals surface area contributed by atoms with E-state index in [-0.39, 0.29) is 49.4 Å². The van der Waals surface area contributed by atoms with Crippen LogP contribution in [0.3, 0.4) is 0 Å². The molecule has 9 nitrogen and oxygen atoms in total. The predicted molar refractivity (Wildman–Crippen MR) is 129 cm³/mol. The zero-order chi connectivity index (χ0) is 25.0. The Hall–Kier alpha value is -4.01. The summed E-state index contributed by atoms with van der Waals surface area (Å²) >= 11 is 0. The predicted octanol–water partition coefficient (Wildman–Crippen LogP) is 3.75. The van der Waals surface area contributed by atoms with E-state index in [1.54, 1.807) is 12.1 Å². The van der Waals surface area contributed by atoms with E-state index in [2.05, 4.69) is 10.6 Å². The second kappa shape index (κ2) is 13.0. The van der Waals surface area contributed by atoms with Crippen molar-refractivity contribution >= 4 is 23.5 Å². The minimum Gasteiger partial charge on any atom is -0.456 e. The number of cyclic esters (lactones) is 1. The number of allylic oxidation sites excluding steroid dienone is 2. The normalized spacial score (nSPS) is 19.9. The lowest BCUT2D eigenvalue weighted by Gasteiger charge is -2.22. The van der Waals surface area contributed by atoms with Crippen LogP contribution >= 0.6 is 0 Å². The highest BCUT2D eigenvalue weighted by Gasteiger charge is 2.23. The number of esters is 1. The molecule has 1 aliphatic rings. The third-order valence-electron chi connectivity index (χ3n) is 5.74. The first-order chi connectivity index (χ1) is 16.9. The maximum absolute atomic E-state index is 12.9. The summed E-state index contributed by atoms with van der Waals surface area (Å²) < 4.78 is 5.60. The summed E-state index contributed by atoms with van der Waals surface area (Å²) in [5, 5.41) is 16.4. The Morgan fingerprint density at radius 1 is 1.09 bits per heavy atom. The van der Waals surface area contributed by atoms with Crippen molar-refractivity contribution < 1.29 is 24.0 Å². The number of nitrogens with zero attached hydrogens (tertiary/aromatic N) is 1. The molecule has 1 heterocycles. The lowest BCUT2D eigenvalue weighted by molar-refractivity contribution is -0.384. The molecule has 2 atom stereocenters. The molecule has 9 heteroatoms. The van der Waals surface area contributed by atoms with E-state index in [0.29, 0.717) is 19.3 Å². The van der Waals surface area contributed by atoms with Gasteiger partial charge in [0.25, 0.3) is 5.69 Å². The average Bonchev–Trinajstić information content (AvgIpc) is 2.86. The molecule has 0 saturated heterocycles. The monoisotopic (exact) mass is 479 g/mol. The Morgan fingerprint density at radius 2 is 1.83 bits per heavy atom. The van der Waals surface area contributed by atoms with E-state index in [0.717, 1.165) is 11.1 Å². The van der Waals surface area contributed by atoms with Gasteiger partial charge < -0.3 is 15.4 Å². The van der Waals surface area contributed by atoms with Crippen LogP contribution < -0.4 is 10.6 Å². The van der Waals surface area contributed by atoms with Gasteiger partial charge in [0, 0.05) is 37.4 Å². The van der Waals surface area contributed by atoms with Crippen molar-refractivity contribution in [2.45, 2.75) is 44.8 Å². The van der Waals surface area contributed by atoms with Crippen molar-refractivity contribution in [3.63, 3.8) is 0 Å². The van der Waals surface area contributed by atoms with Crippen LogP contribution in [0.4, 0.5) is 5.69 Å². The fourth-order valence-corrected chi connectivity index (χ4v) is 3.72. The molecule has 2 amide bonds. The zero-order valence-corrected chi connectivity index (χ0v) is 19.4. The molecule has 0 spiro atoms. The average molecular weight is 480 g/mol. The molecule has 184 valence electrons. The molecule has 0 saturated carbocycles. The van der Waals surface area contributed by atoms with Gasteiger partial charge in [0.05, 0.1) is 11.5 Å². The summed E-state index contributed by atoms with van der Waals surface area (Å²) in [6.45, 7) is 0.402. The van der Waals surface area contributed by atoms with Gasteiger partial charge >= 0.3 is 5.97 Å². The maximum atomic E-state index is 12.9. The molecule has 2 N–H and O–H groups in total. The van der Waals surface area contributed by atoms with Gasteiger partial charge in [-0.1, -0.05) is 54.6 Å². The number of carbonyl (C=O) groups excluding carboxylic acids is 3. The summed E-state index contributed by atoms with van der Waals surface area (Å²) in [5.74, 6) is -1.12. The fourth-order valence-electron chi connectivity index (χ4n) is 3.72. The highest BCUT2D eigenvalue weighted by atomic mass is 16.6. The third-order valence-corrected chi connectivity index (χ3v) is 5.74. The van der Waals surface area contributed by atoms with E-state index in [4.69, 9.17) is 4.74 Å². The molecule has 3 rings (SSSR count). The first-order valence-corrected chi connectivity index (χ1v) is 11.6. The molecule has 35 heavy (non-hydrogen) atoms. The van der Waals surface area contributed by atoms with Gasteiger partial charge in [0.15, 0.2) is 0 Å². The molecule has 2 aromatic rings. The van der Waals surface area contributed by atoms with Gasteiger partial charge in [-0.2, -0.15) is 0 Å². The van der Waals surface area contributed by atoms with E-state index in [1.165, 1.54) is 12.1 Å². The number of hydrogen-bond donors (Lipinski definition) is 2. The number of nitrogens with one attached hydrogen (secondary N) is 2. The van der Waals surface area contributed by atoms with Crippen LogP contribution in [0.25, 0.3) is 0 Å². The summed E-state index contributed by atoms with van der Waals surface area (Å²) in [6, 6.07) is 15.2. The SMILES string of the molecule is O=C(CC[C@@H]1C/C=C/CCC(=O)O[C@H](c2ccccc2)CNC1=O)NCc1ccc([N+](=O)[O-])cc1. The molecular weight excluding hydrogens is 450 g/mol. The van der Waals surface area contributed by atoms with Gasteiger partial charge in [-0.15, -0.1) is 0 Å². The number of nitro groups is 1. The Kier molecular flexibility index (Phi) is 9.53. The first kappa shape index (κ1) is 25.6. The minimum absolute atomic E-state index is 0.00841. The van der Waals surface area contributed by atoms with Crippen LogP contribution in [0, 0.1) is 16.0 Å². The zero-order valence-electron chi connectivity index (χ0n) is 19.4. The van der Waals surface area contributed by atoms with Crippen LogP contribution in [0.5, 0.6) is 0 Å². The molecule has 0 aliphatic carbocycles. The van der Waals surface area contributed by atoms with E-state index < -0.39 is 16.9 Å². The summed E-state index contributed by atoms with van der Waals surface area (Å²) in [7, 11) is 0. The maximum Gasteiger partial charge on any atom is 0.306 e. The van der Waals surface area contributed by atoms with Gasteiger partial charge in [0.2, 0.25) is 11.8 Å². The Morgan fingerprint density at radius 3 is 2.54 bits per heavy atom. The van der Waals surface area contributed by atoms with Crippen molar-refractivity contribution in [2.24, 2.45) is 5.92 Å². The topological polar surface area (TPSA) is 128 Å². The molecule has 0 aromatic heterocycles. The van der Waals surface area contributed by atoms with Crippen molar-refractivity contribution in [2.75, 3.05) is 6.54 Å². The van der Waals surface area contributed by atoms with E-state index in [1.807, 2.05) is 42.5 Å². The molecule has 0 radical (unpaired) electrons. The number of carbonyl (C=O) groups is 3. The summed E-state index contributed by atoms with van der Waals surface area (Å²) in [5.41, 5.74) is 1.54. The van der Waals surface area contributed by atoms with Crippen LogP contribution in [0.2, 0.25) is 0 Å². The van der Waals surface area contributed by atoms with Crippen LogP contribution in [0.15, 0.2) is 66.7 Å². The Bertz CT molecular complexity index is 1050. The van der Waals surface area contributed by atoms with Crippen molar-refractivity contribution in [1.82, 2.24) is 10.6 Å². The molecule has 2 aromatic carbocycles. The number of ether oxygens (including phenoxy) is 1. The van der Waals surface area contributed by atoms with Crippen LogP contribution in [-0.2, 0) is 25.7 Å². The lowest BCUT2D eigenvalue weighted by Crippen LogP contribution is -2.35. The van der Waals surface area contributed by atoms with Gasteiger partial charge in [-0.05, 0) is 30.4 Å². The van der Waals surface area contributed by atoms with Crippen molar-refractivity contribution in [3.05, 3.63) is 88.0 Å². The molecule has 0 fully saturated rings. The highest BCUT2D eigenvalue weighted by Crippen LogP contribution is 2.20. The second-order valence-electron chi connectivity index (χ2n) is 8.32. The van der Waals surface area contributed by atoms with E-state index >= 15 is 0 Å². The van der Waals surface area contributed by atoms with Crippen molar-refractivity contribution in [3.8, 4) is 0 Å². The number of non-ortho nitro benzene ring substituents is 1. The Labute approximate surface area is 203 Å². The second-order valence-corrected chi connectivity index (χ2v) is 8.32.